The van der Waals surface area contributed by atoms with Crippen molar-refractivity contribution in [1.29, 1.82) is 0 Å². The van der Waals surface area contributed by atoms with E-state index in [1.54, 1.807) is 12.1 Å². The molecule has 0 radical (unpaired) electrons. The van der Waals surface area contributed by atoms with Crippen molar-refractivity contribution in [2.75, 3.05) is 12.3 Å². The second-order valence-corrected chi connectivity index (χ2v) is 6.73. The Labute approximate surface area is 112 Å². The highest BCUT2D eigenvalue weighted by atomic mass is 32.2. The molecule has 0 spiro atoms. The first-order valence-electron chi connectivity index (χ1n) is 6.27. The summed E-state index contributed by atoms with van der Waals surface area (Å²) in [6.45, 7) is 0.575. The summed E-state index contributed by atoms with van der Waals surface area (Å²) in [6.07, 6.45) is 1.20. The number of carboxylic acid groups (broad SMARTS) is 1. The summed E-state index contributed by atoms with van der Waals surface area (Å²) in [4.78, 5) is 10.8. The van der Waals surface area contributed by atoms with Crippen molar-refractivity contribution in [2.45, 2.75) is 30.2 Å². The Bertz CT molecular complexity index is 568. The Morgan fingerprint density at radius 3 is 2.84 bits per heavy atom. The Balaban J connectivity index is 2.06. The van der Waals surface area contributed by atoms with Crippen molar-refractivity contribution in [1.82, 2.24) is 5.32 Å². The number of hydrogen-bond acceptors (Lipinski definition) is 4. The maximum absolute atomic E-state index is 11.9. The zero-order valence-electron chi connectivity index (χ0n) is 10.5. The lowest BCUT2D eigenvalue weighted by Gasteiger charge is -2.26. The molecule has 1 aliphatic rings. The van der Waals surface area contributed by atoms with E-state index in [2.05, 4.69) is 5.32 Å². The lowest BCUT2D eigenvalue weighted by atomic mass is 10.0. The molecule has 19 heavy (non-hydrogen) atoms. The Morgan fingerprint density at radius 2 is 2.11 bits per heavy atom. The molecule has 1 aliphatic heterocycles. The van der Waals surface area contributed by atoms with Crippen molar-refractivity contribution in [3.8, 4) is 0 Å². The fourth-order valence-corrected chi connectivity index (χ4v) is 3.94. The van der Waals surface area contributed by atoms with Crippen LogP contribution in [0.2, 0.25) is 0 Å². The van der Waals surface area contributed by atoms with E-state index in [1.165, 1.54) is 0 Å². The van der Waals surface area contributed by atoms with Crippen molar-refractivity contribution in [3.63, 3.8) is 0 Å². The van der Waals surface area contributed by atoms with E-state index in [4.69, 9.17) is 5.11 Å². The molecule has 0 bridgehead atoms. The minimum Gasteiger partial charge on any atom is -0.481 e. The van der Waals surface area contributed by atoms with Gasteiger partial charge in [-0.1, -0.05) is 18.2 Å². The number of sulfone groups is 1. The summed E-state index contributed by atoms with van der Waals surface area (Å²) in [6, 6.07) is 7.00. The van der Waals surface area contributed by atoms with Crippen LogP contribution in [0.5, 0.6) is 0 Å². The molecule has 5 nitrogen and oxygen atoms in total. The van der Waals surface area contributed by atoms with Crippen LogP contribution in [0.4, 0.5) is 0 Å². The number of carboxylic acids is 1. The third-order valence-electron chi connectivity index (χ3n) is 3.26. The molecule has 1 aromatic rings. The van der Waals surface area contributed by atoms with Crippen molar-refractivity contribution >= 4 is 15.8 Å². The molecule has 104 valence electrons. The van der Waals surface area contributed by atoms with Crippen LogP contribution < -0.4 is 5.32 Å². The molecule has 0 amide bonds. The lowest BCUT2D eigenvalue weighted by molar-refractivity contribution is -0.137. The van der Waals surface area contributed by atoms with E-state index in [-0.39, 0.29) is 18.2 Å². The molecule has 6 heteroatoms. The average molecular weight is 283 g/mol. The van der Waals surface area contributed by atoms with Crippen LogP contribution in [0.25, 0.3) is 0 Å². The lowest BCUT2D eigenvalue weighted by Crippen LogP contribution is -2.30. The molecular formula is C13H17NO4S. The van der Waals surface area contributed by atoms with Crippen LogP contribution >= 0.6 is 0 Å². The predicted molar refractivity (Wildman–Crippen MR) is 70.7 cm³/mol. The summed E-state index contributed by atoms with van der Waals surface area (Å²) in [7, 11) is -3.15. The number of nitrogens with one attached hydrogen (secondary N) is 1. The number of aliphatic carboxylic acids is 1. The van der Waals surface area contributed by atoms with E-state index < -0.39 is 15.8 Å². The highest BCUT2D eigenvalue weighted by Crippen LogP contribution is 2.31. The molecule has 0 fully saturated rings. The van der Waals surface area contributed by atoms with Crippen LogP contribution in [0.1, 0.15) is 30.9 Å². The van der Waals surface area contributed by atoms with Gasteiger partial charge >= 0.3 is 5.97 Å². The van der Waals surface area contributed by atoms with Gasteiger partial charge in [0.25, 0.3) is 0 Å². The molecule has 0 saturated heterocycles. The largest absolute Gasteiger partial charge is 0.481 e. The molecule has 0 aliphatic carbocycles. The van der Waals surface area contributed by atoms with Gasteiger partial charge in [-0.3, -0.25) is 4.79 Å². The number of rotatable bonds is 5. The smallest absolute Gasteiger partial charge is 0.303 e. The van der Waals surface area contributed by atoms with Crippen LogP contribution in [0.3, 0.4) is 0 Å². The maximum Gasteiger partial charge on any atom is 0.303 e. The number of hydrogen-bond donors (Lipinski definition) is 2. The fraction of sp³-hybridized carbons (Fsp3) is 0.462. The molecule has 2 rings (SSSR count). The van der Waals surface area contributed by atoms with Gasteiger partial charge in [-0.15, -0.1) is 0 Å². The third kappa shape index (κ3) is 3.33. The first kappa shape index (κ1) is 14.0. The summed E-state index contributed by atoms with van der Waals surface area (Å²) >= 11 is 0. The molecule has 0 aromatic heterocycles. The van der Waals surface area contributed by atoms with Gasteiger partial charge in [0.2, 0.25) is 0 Å². The Hall–Kier alpha value is -1.40. The van der Waals surface area contributed by atoms with Gasteiger partial charge in [0.15, 0.2) is 9.84 Å². The number of benzene rings is 1. The first-order valence-corrected chi connectivity index (χ1v) is 7.93. The first-order chi connectivity index (χ1) is 9.00. The van der Waals surface area contributed by atoms with Crippen molar-refractivity contribution in [2.24, 2.45) is 0 Å². The minimum absolute atomic E-state index is 0.00600. The van der Waals surface area contributed by atoms with E-state index in [0.717, 1.165) is 5.56 Å². The fourth-order valence-electron chi connectivity index (χ4n) is 2.32. The second-order valence-electron chi connectivity index (χ2n) is 4.65. The molecule has 1 unspecified atom stereocenters. The summed E-state index contributed by atoms with van der Waals surface area (Å²) in [5.74, 6) is -0.672. The normalized spacial score (nSPS) is 20.7. The number of fused-ring (bicyclic) bond motifs is 1. The van der Waals surface area contributed by atoms with Crippen LogP contribution in [-0.4, -0.2) is 31.8 Å². The molecule has 2 N–H and O–H groups in total. The SMILES string of the molecule is O=C(O)CCCNC1CCS(=O)(=O)c2ccccc21. The molecule has 0 saturated carbocycles. The van der Waals surface area contributed by atoms with E-state index in [9.17, 15) is 13.2 Å². The van der Waals surface area contributed by atoms with Crippen LogP contribution in [-0.2, 0) is 14.6 Å². The number of carbonyl (C=O) groups is 1. The maximum atomic E-state index is 11.9. The summed E-state index contributed by atoms with van der Waals surface area (Å²) < 4.78 is 23.9. The van der Waals surface area contributed by atoms with Crippen molar-refractivity contribution in [3.05, 3.63) is 29.8 Å². The average Bonchev–Trinajstić information content (AvgIpc) is 2.37. The topological polar surface area (TPSA) is 83.5 Å². The van der Waals surface area contributed by atoms with Crippen LogP contribution in [0, 0.1) is 0 Å². The highest BCUT2D eigenvalue weighted by molar-refractivity contribution is 7.91. The standard InChI is InChI=1S/C13H17NO4S/c15-13(16)6-3-8-14-11-7-9-19(17,18)12-5-2-1-4-10(11)12/h1-2,4-5,11,14H,3,6-9H2,(H,15,16). The Kier molecular flexibility index (Phi) is 4.21. The van der Waals surface area contributed by atoms with E-state index in [0.29, 0.717) is 24.3 Å². The van der Waals surface area contributed by atoms with E-state index in [1.807, 2.05) is 12.1 Å². The van der Waals surface area contributed by atoms with Gasteiger partial charge < -0.3 is 10.4 Å². The van der Waals surface area contributed by atoms with Gasteiger partial charge in [0, 0.05) is 12.5 Å². The monoisotopic (exact) mass is 283 g/mol. The van der Waals surface area contributed by atoms with Crippen molar-refractivity contribution < 1.29 is 18.3 Å². The van der Waals surface area contributed by atoms with Gasteiger partial charge in [0.1, 0.15) is 0 Å². The molecule has 1 heterocycles. The zero-order valence-corrected chi connectivity index (χ0v) is 11.3. The summed E-state index contributed by atoms with van der Waals surface area (Å²) in [5, 5.41) is 11.8. The molecule has 1 atom stereocenters. The highest BCUT2D eigenvalue weighted by Gasteiger charge is 2.29. The quantitative estimate of drug-likeness (QED) is 0.797. The van der Waals surface area contributed by atoms with Gasteiger partial charge in [-0.25, -0.2) is 8.42 Å². The van der Waals surface area contributed by atoms with E-state index >= 15 is 0 Å². The minimum atomic E-state index is -3.15. The van der Waals surface area contributed by atoms with Crippen LogP contribution in [0.15, 0.2) is 29.2 Å². The van der Waals surface area contributed by atoms with Gasteiger partial charge in [0.05, 0.1) is 10.6 Å². The zero-order chi connectivity index (χ0) is 13.9. The third-order valence-corrected chi connectivity index (χ3v) is 5.08. The molecular weight excluding hydrogens is 266 g/mol. The molecule has 1 aromatic carbocycles. The van der Waals surface area contributed by atoms with Gasteiger partial charge in [-0.2, -0.15) is 0 Å². The van der Waals surface area contributed by atoms with Gasteiger partial charge in [-0.05, 0) is 31.0 Å². The second kappa shape index (κ2) is 5.71. The predicted octanol–water partition coefficient (Wildman–Crippen LogP) is 1.36. The summed E-state index contributed by atoms with van der Waals surface area (Å²) in [5.41, 5.74) is 0.795. The Morgan fingerprint density at radius 1 is 1.37 bits per heavy atom.